The van der Waals surface area contributed by atoms with Gasteiger partial charge in [0.2, 0.25) is 0 Å². The van der Waals surface area contributed by atoms with Gasteiger partial charge in [0.05, 0.1) is 12.2 Å². The molecule has 0 unspecified atom stereocenters. The molecule has 1 heterocycles. The fourth-order valence-corrected chi connectivity index (χ4v) is 4.62. The number of nitrogens with one attached hydrogen (secondary N) is 2. The van der Waals surface area contributed by atoms with Crippen molar-refractivity contribution in [1.29, 1.82) is 0 Å². The van der Waals surface area contributed by atoms with Crippen LogP contribution >= 0.6 is 0 Å². The normalized spacial score (nSPS) is 12.7. The fourth-order valence-electron chi connectivity index (χ4n) is 4.62. The van der Waals surface area contributed by atoms with Crippen molar-refractivity contribution in [3.63, 3.8) is 0 Å². The molecule has 1 aliphatic rings. The zero-order valence-electron chi connectivity index (χ0n) is 21.9. The lowest BCUT2D eigenvalue weighted by molar-refractivity contribution is 0.210. The van der Waals surface area contributed by atoms with E-state index in [-0.39, 0.29) is 24.2 Å². The number of nitrogens with zero attached hydrogens (tertiary/aromatic N) is 1. The van der Waals surface area contributed by atoms with Crippen molar-refractivity contribution >= 4 is 23.0 Å². The molecule has 5 aromatic carbocycles. The average molecular weight is 546 g/mol. The molecule has 0 saturated heterocycles. The van der Waals surface area contributed by atoms with E-state index in [0.29, 0.717) is 28.4 Å². The third-order valence-electron chi connectivity index (χ3n) is 6.74. The van der Waals surface area contributed by atoms with Crippen LogP contribution in [0.5, 0.6) is 11.5 Å². The van der Waals surface area contributed by atoms with Gasteiger partial charge in [-0.25, -0.2) is 18.6 Å². The van der Waals surface area contributed by atoms with Crippen molar-refractivity contribution < 1.29 is 18.3 Å². The predicted octanol–water partition coefficient (Wildman–Crippen LogP) is 8.34. The molecule has 7 heteroatoms. The van der Waals surface area contributed by atoms with Gasteiger partial charge in [-0.15, -0.1) is 0 Å². The number of hydrazine groups is 1. The Kier molecular flexibility index (Phi) is 7.15. The molecule has 0 radical (unpaired) electrons. The second-order valence-corrected chi connectivity index (χ2v) is 9.51. The highest BCUT2D eigenvalue weighted by molar-refractivity contribution is 5.98. The lowest BCUT2D eigenvalue weighted by atomic mass is 10.0. The van der Waals surface area contributed by atoms with Crippen LogP contribution < -0.4 is 15.5 Å². The molecular weight excluding hydrogens is 520 g/mol. The Morgan fingerprint density at radius 3 is 1.76 bits per heavy atom. The van der Waals surface area contributed by atoms with Crippen molar-refractivity contribution in [3.05, 3.63) is 150 Å². The quantitative estimate of drug-likeness (QED) is 0.226. The summed E-state index contributed by atoms with van der Waals surface area (Å²) in [6.07, 6.45) is 0. The molecule has 0 spiro atoms. The SMILES string of the molecule is O=C(Nc1ccc(Oc2ccc(-c3ccccc3)cc2)cc1)N1CC(c2ccc(F)cc2)=C(c2ccc(F)cc2)N1. The van der Waals surface area contributed by atoms with Gasteiger partial charge in [0.25, 0.3) is 0 Å². The fraction of sp³-hybridized carbons (Fsp3) is 0.0294. The summed E-state index contributed by atoms with van der Waals surface area (Å²) in [4.78, 5) is 13.2. The maximum atomic E-state index is 13.6. The summed E-state index contributed by atoms with van der Waals surface area (Å²) in [5.74, 6) is 0.626. The zero-order valence-corrected chi connectivity index (χ0v) is 21.9. The molecule has 0 fully saturated rings. The second-order valence-electron chi connectivity index (χ2n) is 9.51. The van der Waals surface area contributed by atoms with Gasteiger partial charge in [0, 0.05) is 11.3 Å². The largest absolute Gasteiger partial charge is 0.457 e. The van der Waals surface area contributed by atoms with Crippen molar-refractivity contribution in [2.75, 3.05) is 11.9 Å². The molecule has 0 atom stereocenters. The maximum Gasteiger partial charge on any atom is 0.340 e. The molecule has 0 bridgehead atoms. The summed E-state index contributed by atoms with van der Waals surface area (Å²) in [6.45, 7) is 0.227. The van der Waals surface area contributed by atoms with Crippen LogP contribution in [0.15, 0.2) is 127 Å². The summed E-state index contributed by atoms with van der Waals surface area (Å²) in [7, 11) is 0. The first-order valence-corrected chi connectivity index (χ1v) is 13.1. The summed E-state index contributed by atoms with van der Waals surface area (Å²) >= 11 is 0. The lowest BCUT2D eigenvalue weighted by Crippen LogP contribution is -2.40. The Hall–Kier alpha value is -5.43. The standard InChI is InChI=1S/C34H25F2N3O2/c35-27-12-6-25(7-13-27)32-22-39(38-33(32)26-8-14-28(36)15-9-26)34(40)37-29-16-20-31(21-17-29)41-30-18-10-24(11-19-30)23-4-2-1-3-5-23/h1-21,38H,22H2,(H,37,40). The molecule has 0 aliphatic carbocycles. The highest BCUT2D eigenvalue weighted by Gasteiger charge is 2.27. The van der Waals surface area contributed by atoms with Gasteiger partial charge in [0.1, 0.15) is 23.1 Å². The number of hydrogen-bond acceptors (Lipinski definition) is 3. The van der Waals surface area contributed by atoms with Crippen LogP contribution in [-0.2, 0) is 0 Å². The number of urea groups is 1. The van der Waals surface area contributed by atoms with Gasteiger partial charge in [-0.1, -0.05) is 54.6 Å². The Morgan fingerprint density at radius 1 is 0.634 bits per heavy atom. The first-order chi connectivity index (χ1) is 20.0. The number of carbonyl (C=O) groups excluding carboxylic acids is 1. The Bertz CT molecular complexity index is 1630. The zero-order chi connectivity index (χ0) is 28.2. The first-order valence-electron chi connectivity index (χ1n) is 13.1. The van der Waals surface area contributed by atoms with Crippen LogP contribution in [0, 0.1) is 11.6 Å². The molecule has 5 nitrogen and oxygen atoms in total. The van der Waals surface area contributed by atoms with Gasteiger partial charge >= 0.3 is 6.03 Å². The summed E-state index contributed by atoms with van der Waals surface area (Å²) in [5.41, 5.74) is 8.85. The molecule has 6 rings (SSSR count). The van der Waals surface area contributed by atoms with Crippen LogP contribution in [0.2, 0.25) is 0 Å². The third kappa shape index (κ3) is 5.94. The number of hydrogen-bond donors (Lipinski definition) is 2. The van der Waals surface area contributed by atoms with Crippen molar-refractivity contribution in [2.45, 2.75) is 0 Å². The number of rotatable bonds is 6. The van der Waals surface area contributed by atoms with Gasteiger partial charge in [-0.2, -0.15) is 0 Å². The average Bonchev–Trinajstić information content (AvgIpc) is 3.46. The molecule has 2 N–H and O–H groups in total. The molecule has 5 aromatic rings. The highest BCUT2D eigenvalue weighted by atomic mass is 19.1. The van der Waals surface area contributed by atoms with Crippen LogP contribution in [0.3, 0.4) is 0 Å². The lowest BCUT2D eigenvalue weighted by Gasteiger charge is -2.19. The van der Waals surface area contributed by atoms with E-state index in [1.807, 2.05) is 42.5 Å². The highest BCUT2D eigenvalue weighted by Crippen LogP contribution is 2.31. The van der Waals surface area contributed by atoms with E-state index in [1.54, 1.807) is 48.5 Å². The van der Waals surface area contributed by atoms with Crippen LogP contribution in [0.4, 0.5) is 19.3 Å². The minimum absolute atomic E-state index is 0.227. The third-order valence-corrected chi connectivity index (χ3v) is 6.74. The molecule has 1 aliphatic heterocycles. The van der Waals surface area contributed by atoms with E-state index < -0.39 is 0 Å². The predicted molar refractivity (Wildman–Crippen MR) is 157 cm³/mol. The van der Waals surface area contributed by atoms with E-state index in [4.69, 9.17) is 4.74 Å². The van der Waals surface area contributed by atoms with Gasteiger partial charge in [0.15, 0.2) is 0 Å². The van der Waals surface area contributed by atoms with E-state index in [0.717, 1.165) is 22.3 Å². The molecular formula is C34H25F2N3O2. The van der Waals surface area contributed by atoms with Crippen molar-refractivity contribution in [2.24, 2.45) is 0 Å². The summed E-state index contributed by atoms with van der Waals surface area (Å²) in [6, 6.07) is 36.7. The Labute approximate surface area is 236 Å². The van der Waals surface area contributed by atoms with E-state index in [9.17, 15) is 13.6 Å². The minimum atomic E-state index is -0.383. The summed E-state index contributed by atoms with van der Waals surface area (Å²) in [5, 5.41) is 4.31. The first kappa shape index (κ1) is 25.8. The van der Waals surface area contributed by atoms with Crippen molar-refractivity contribution in [1.82, 2.24) is 10.4 Å². The molecule has 2 amide bonds. The number of benzene rings is 5. The van der Waals surface area contributed by atoms with E-state index in [2.05, 4.69) is 22.9 Å². The summed E-state index contributed by atoms with van der Waals surface area (Å²) < 4.78 is 33.1. The topological polar surface area (TPSA) is 53.6 Å². The number of anilines is 1. The molecule has 202 valence electrons. The van der Waals surface area contributed by atoms with Crippen LogP contribution in [0.1, 0.15) is 11.1 Å². The van der Waals surface area contributed by atoms with E-state index in [1.165, 1.54) is 29.3 Å². The number of amides is 2. The maximum absolute atomic E-state index is 13.6. The second kappa shape index (κ2) is 11.4. The van der Waals surface area contributed by atoms with Gasteiger partial charge < -0.3 is 10.1 Å². The minimum Gasteiger partial charge on any atom is -0.457 e. The molecule has 0 aromatic heterocycles. The van der Waals surface area contributed by atoms with Gasteiger partial charge in [-0.05, 0) is 95.1 Å². The molecule has 41 heavy (non-hydrogen) atoms. The van der Waals surface area contributed by atoms with E-state index >= 15 is 0 Å². The number of halogens is 2. The Balaban J connectivity index is 1.12. The van der Waals surface area contributed by atoms with Crippen molar-refractivity contribution in [3.8, 4) is 22.6 Å². The molecule has 0 saturated carbocycles. The smallest absolute Gasteiger partial charge is 0.340 e. The number of carbonyl (C=O) groups is 1. The van der Waals surface area contributed by atoms with Crippen LogP contribution in [0.25, 0.3) is 22.4 Å². The van der Waals surface area contributed by atoms with Crippen LogP contribution in [-0.4, -0.2) is 17.6 Å². The Morgan fingerprint density at radius 2 is 1.15 bits per heavy atom. The monoisotopic (exact) mass is 545 g/mol. The number of ether oxygens (including phenoxy) is 1. The van der Waals surface area contributed by atoms with Gasteiger partial charge in [-0.3, -0.25) is 5.43 Å².